The van der Waals surface area contributed by atoms with Crippen LogP contribution in [0.1, 0.15) is 50.7 Å². The van der Waals surface area contributed by atoms with Crippen LogP contribution in [0.25, 0.3) is 0 Å². The molecule has 3 atom stereocenters. The highest BCUT2D eigenvalue weighted by atomic mass is 16.3. The van der Waals surface area contributed by atoms with Gasteiger partial charge < -0.3 is 9.73 Å². The fourth-order valence-electron chi connectivity index (χ4n) is 2.64. The minimum absolute atomic E-state index is 0.335. The summed E-state index contributed by atoms with van der Waals surface area (Å²) in [5.41, 5.74) is 0. The molecular weight excluding hydrogens is 198 g/mol. The topological polar surface area (TPSA) is 25.2 Å². The van der Waals surface area contributed by atoms with Crippen LogP contribution in [0.3, 0.4) is 0 Å². The van der Waals surface area contributed by atoms with Crippen LogP contribution in [0, 0.1) is 18.8 Å². The van der Waals surface area contributed by atoms with Crippen molar-refractivity contribution < 1.29 is 4.42 Å². The van der Waals surface area contributed by atoms with E-state index in [9.17, 15) is 0 Å². The van der Waals surface area contributed by atoms with Gasteiger partial charge in [-0.2, -0.15) is 0 Å². The first-order valence-electron chi connectivity index (χ1n) is 6.46. The third-order valence-corrected chi connectivity index (χ3v) is 3.91. The Balaban J connectivity index is 1.81. The lowest BCUT2D eigenvalue weighted by Crippen LogP contribution is -2.26. The Morgan fingerprint density at radius 2 is 2.25 bits per heavy atom. The summed E-state index contributed by atoms with van der Waals surface area (Å²) in [6.45, 7) is 7.68. The lowest BCUT2D eigenvalue weighted by atomic mass is 9.98. The smallest absolute Gasteiger partial charge is 0.120 e. The van der Waals surface area contributed by atoms with Crippen LogP contribution < -0.4 is 5.32 Å². The van der Waals surface area contributed by atoms with Crippen molar-refractivity contribution in [1.82, 2.24) is 5.32 Å². The minimum Gasteiger partial charge on any atom is -0.465 e. The highest BCUT2D eigenvalue weighted by Gasteiger charge is 2.23. The maximum Gasteiger partial charge on any atom is 0.120 e. The highest BCUT2D eigenvalue weighted by molar-refractivity contribution is 5.08. The molecule has 1 heterocycles. The zero-order valence-corrected chi connectivity index (χ0v) is 10.6. The molecule has 1 saturated carbocycles. The van der Waals surface area contributed by atoms with Gasteiger partial charge in [0.1, 0.15) is 11.5 Å². The zero-order valence-electron chi connectivity index (χ0n) is 10.6. The van der Waals surface area contributed by atoms with Crippen LogP contribution in [0.5, 0.6) is 0 Å². The Morgan fingerprint density at radius 1 is 1.44 bits per heavy atom. The van der Waals surface area contributed by atoms with Crippen molar-refractivity contribution in [3.63, 3.8) is 0 Å². The number of hydrogen-bond donors (Lipinski definition) is 1. The lowest BCUT2D eigenvalue weighted by molar-refractivity contribution is 0.350. The SMILES string of the molecule is Cc1ccc(C(C)NCC2CCCC2C)o1. The van der Waals surface area contributed by atoms with Crippen molar-refractivity contribution >= 4 is 0 Å². The van der Waals surface area contributed by atoms with Crippen LogP contribution >= 0.6 is 0 Å². The molecule has 2 heteroatoms. The number of rotatable bonds is 4. The lowest BCUT2D eigenvalue weighted by Gasteiger charge is -2.18. The summed E-state index contributed by atoms with van der Waals surface area (Å²) in [4.78, 5) is 0. The second-order valence-corrected chi connectivity index (χ2v) is 5.25. The number of nitrogens with one attached hydrogen (secondary N) is 1. The fraction of sp³-hybridized carbons (Fsp3) is 0.714. The van der Waals surface area contributed by atoms with E-state index in [-0.39, 0.29) is 0 Å². The second-order valence-electron chi connectivity index (χ2n) is 5.25. The molecule has 1 aliphatic rings. The standard InChI is InChI=1S/C14H23NO/c1-10-5-4-6-13(10)9-15-12(3)14-8-7-11(2)16-14/h7-8,10,12-13,15H,4-6,9H2,1-3H3. The molecule has 16 heavy (non-hydrogen) atoms. The van der Waals surface area contributed by atoms with E-state index in [1.807, 2.05) is 13.0 Å². The second kappa shape index (κ2) is 5.05. The van der Waals surface area contributed by atoms with E-state index in [1.165, 1.54) is 19.3 Å². The molecule has 2 rings (SSSR count). The normalized spacial score (nSPS) is 27.2. The van der Waals surface area contributed by atoms with E-state index >= 15 is 0 Å². The Kier molecular flexibility index (Phi) is 3.70. The predicted molar refractivity (Wildman–Crippen MR) is 66.4 cm³/mol. The first-order valence-corrected chi connectivity index (χ1v) is 6.46. The van der Waals surface area contributed by atoms with Gasteiger partial charge in [-0.1, -0.05) is 19.8 Å². The third-order valence-electron chi connectivity index (χ3n) is 3.91. The van der Waals surface area contributed by atoms with E-state index in [2.05, 4.69) is 25.2 Å². The van der Waals surface area contributed by atoms with Crippen LogP contribution in [-0.2, 0) is 0 Å². The maximum atomic E-state index is 5.62. The fourth-order valence-corrected chi connectivity index (χ4v) is 2.64. The molecule has 0 radical (unpaired) electrons. The summed E-state index contributed by atoms with van der Waals surface area (Å²) < 4.78 is 5.62. The molecule has 1 fully saturated rings. The van der Waals surface area contributed by atoms with Gasteiger partial charge in [0, 0.05) is 0 Å². The zero-order chi connectivity index (χ0) is 11.5. The summed E-state index contributed by atoms with van der Waals surface area (Å²) in [6, 6.07) is 4.44. The maximum absolute atomic E-state index is 5.62. The van der Waals surface area contributed by atoms with E-state index < -0.39 is 0 Å². The molecule has 0 amide bonds. The van der Waals surface area contributed by atoms with Crippen LogP contribution in [0.4, 0.5) is 0 Å². The molecule has 0 bridgehead atoms. The molecule has 0 aromatic carbocycles. The summed E-state index contributed by atoms with van der Waals surface area (Å²) >= 11 is 0. The molecule has 3 unspecified atom stereocenters. The predicted octanol–water partition coefficient (Wildman–Crippen LogP) is 3.67. The van der Waals surface area contributed by atoms with Gasteiger partial charge in [0.25, 0.3) is 0 Å². The summed E-state index contributed by atoms with van der Waals surface area (Å²) in [5.74, 6) is 3.80. The Hall–Kier alpha value is -0.760. The van der Waals surface area contributed by atoms with Gasteiger partial charge >= 0.3 is 0 Å². The Bertz CT molecular complexity index is 331. The van der Waals surface area contributed by atoms with Crippen LogP contribution in [0.2, 0.25) is 0 Å². The van der Waals surface area contributed by atoms with E-state index in [0.717, 1.165) is 29.9 Å². The molecule has 1 aliphatic carbocycles. The molecule has 1 aromatic heterocycles. The van der Waals surface area contributed by atoms with E-state index in [1.54, 1.807) is 0 Å². The van der Waals surface area contributed by atoms with Crippen LogP contribution in [0.15, 0.2) is 16.5 Å². The Morgan fingerprint density at radius 3 is 2.81 bits per heavy atom. The van der Waals surface area contributed by atoms with Crippen molar-refractivity contribution in [2.24, 2.45) is 11.8 Å². The average Bonchev–Trinajstić information content (AvgIpc) is 2.84. The van der Waals surface area contributed by atoms with E-state index in [4.69, 9.17) is 4.42 Å². The first kappa shape index (κ1) is 11.7. The van der Waals surface area contributed by atoms with Crippen molar-refractivity contribution in [2.75, 3.05) is 6.54 Å². The molecule has 1 aromatic rings. The summed E-state index contributed by atoms with van der Waals surface area (Å²) in [7, 11) is 0. The van der Waals surface area contributed by atoms with E-state index in [0.29, 0.717) is 6.04 Å². The van der Waals surface area contributed by atoms with Crippen molar-refractivity contribution in [3.8, 4) is 0 Å². The van der Waals surface area contributed by atoms with Gasteiger partial charge in [-0.05, 0) is 50.8 Å². The molecule has 90 valence electrons. The molecule has 2 nitrogen and oxygen atoms in total. The van der Waals surface area contributed by atoms with Gasteiger partial charge in [-0.25, -0.2) is 0 Å². The molecule has 0 spiro atoms. The van der Waals surface area contributed by atoms with Gasteiger partial charge in [0.05, 0.1) is 6.04 Å². The molecule has 1 N–H and O–H groups in total. The molecule has 0 aliphatic heterocycles. The number of hydrogen-bond acceptors (Lipinski definition) is 2. The Labute approximate surface area is 98.4 Å². The third kappa shape index (κ3) is 2.67. The highest BCUT2D eigenvalue weighted by Crippen LogP contribution is 2.31. The van der Waals surface area contributed by atoms with Gasteiger partial charge in [0.15, 0.2) is 0 Å². The molecular formula is C14H23NO. The quantitative estimate of drug-likeness (QED) is 0.839. The van der Waals surface area contributed by atoms with Gasteiger partial charge in [-0.15, -0.1) is 0 Å². The summed E-state index contributed by atoms with van der Waals surface area (Å²) in [5, 5.41) is 3.59. The van der Waals surface area contributed by atoms with Gasteiger partial charge in [0.2, 0.25) is 0 Å². The van der Waals surface area contributed by atoms with Crippen molar-refractivity contribution in [3.05, 3.63) is 23.7 Å². The number of furan rings is 1. The minimum atomic E-state index is 0.335. The molecule has 0 saturated heterocycles. The first-order chi connectivity index (χ1) is 7.66. The van der Waals surface area contributed by atoms with Crippen molar-refractivity contribution in [2.45, 2.75) is 46.1 Å². The van der Waals surface area contributed by atoms with Gasteiger partial charge in [-0.3, -0.25) is 0 Å². The van der Waals surface area contributed by atoms with Crippen molar-refractivity contribution in [1.29, 1.82) is 0 Å². The largest absolute Gasteiger partial charge is 0.465 e. The van der Waals surface area contributed by atoms with Crippen LogP contribution in [-0.4, -0.2) is 6.54 Å². The monoisotopic (exact) mass is 221 g/mol. The summed E-state index contributed by atoms with van der Waals surface area (Å²) in [6.07, 6.45) is 4.19. The number of aryl methyl sites for hydroxylation is 1. The average molecular weight is 221 g/mol.